The van der Waals surface area contributed by atoms with Gasteiger partial charge in [-0.15, -0.1) is 0 Å². The molecule has 1 aromatic rings. The van der Waals surface area contributed by atoms with Gasteiger partial charge in [-0.25, -0.2) is 4.39 Å². The minimum Gasteiger partial charge on any atom is -0.388 e. The van der Waals surface area contributed by atoms with Gasteiger partial charge in [0, 0.05) is 5.56 Å². The third kappa shape index (κ3) is 2.43. The number of rotatable bonds is 3. The summed E-state index contributed by atoms with van der Waals surface area (Å²) in [6, 6.07) is 3.49. The van der Waals surface area contributed by atoms with Gasteiger partial charge in [0.25, 0.3) is 0 Å². The predicted octanol–water partition coefficient (Wildman–Crippen LogP) is 4.30. The highest BCUT2D eigenvalue weighted by Crippen LogP contribution is 2.51. The second-order valence-electron chi connectivity index (χ2n) is 6.66. The van der Waals surface area contributed by atoms with Gasteiger partial charge in [0.05, 0.1) is 6.10 Å². The Morgan fingerprint density at radius 3 is 2.63 bits per heavy atom. The molecule has 4 unspecified atom stereocenters. The van der Waals surface area contributed by atoms with Gasteiger partial charge < -0.3 is 5.11 Å². The van der Waals surface area contributed by atoms with E-state index in [0.29, 0.717) is 11.5 Å². The van der Waals surface area contributed by atoms with Crippen LogP contribution < -0.4 is 0 Å². The van der Waals surface area contributed by atoms with Crippen molar-refractivity contribution in [3.05, 3.63) is 34.6 Å². The molecule has 3 rings (SSSR count). The highest BCUT2D eigenvalue weighted by molar-refractivity contribution is 5.33. The molecular formula is C17H23FO. The monoisotopic (exact) mass is 262 g/mol. The first-order valence-corrected chi connectivity index (χ1v) is 7.49. The summed E-state index contributed by atoms with van der Waals surface area (Å²) < 4.78 is 14.1. The highest BCUT2D eigenvalue weighted by Gasteiger charge is 2.40. The molecule has 0 heterocycles. The molecule has 1 N–H and O–H groups in total. The van der Waals surface area contributed by atoms with E-state index >= 15 is 0 Å². The van der Waals surface area contributed by atoms with Crippen LogP contribution in [0.4, 0.5) is 4.39 Å². The van der Waals surface area contributed by atoms with Crippen molar-refractivity contribution in [2.45, 2.75) is 52.1 Å². The standard InChI is InChI=1S/C17H23FO/c1-10-5-11(2)17(15(18)6-10)16(19)9-14-8-12-3-4-13(14)7-12/h5-6,12-14,16,19H,3-4,7-9H2,1-2H3. The summed E-state index contributed by atoms with van der Waals surface area (Å²) in [5.41, 5.74) is 2.33. The third-order valence-electron chi connectivity index (χ3n) is 5.22. The number of hydrogen-bond donors (Lipinski definition) is 1. The second kappa shape index (κ2) is 4.90. The van der Waals surface area contributed by atoms with Crippen LogP contribution >= 0.6 is 0 Å². The fourth-order valence-corrected chi connectivity index (χ4v) is 4.42. The van der Waals surface area contributed by atoms with E-state index in [9.17, 15) is 9.50 Å². The number of aryl methyl sites for hydroxylation is 2. The molecule has 19 heavy (non-hydrogen) atoms. The molecule has 2 bridgehead atoms. The molecule has 0 spiro atoms. The van der Waals surface area contributed by atoms with Crippen LogP contribution in [-0.2, 0) is 0 Å². The van der Waals surface area contributed by atoms with E-state index in [1.807, 2.05) is 19.9 Å². The maximum absolute atomic E-state index is 14.1. The number of fused-ring (bicyclic) bond motifs is 2. The van der Waals surface area contributed by atoms with Gasteiger partial charge in [-0.1, -0.05) is 12.5 Å². The molecule has 2 saturated carbocycles. The first-order valence-electron chi connectivity index (χ1n) is 7.49. The Labute approximate surface area is 114 Å². The number of benzene rings is 1. The van der Waals surface area contributed by atoms with Crippen molar-refractivity contribution >= 4 is 0 Å². The number of hydrogen-bond acceptors (Lipinski definition) is 1. The van der Waals surface area contributed by atoms with Gasteiger partial charge in [0.1, 0.15) is 5.82 Å². The first kappa shape index (κ1) is 13.1. The van der Waals surface area contributed by atoms with Crippen molar-refractivity contribution in [2.24, 2.45) is 17.8 Å². The first-order chi connectivity index (χ1) is 9.04. The van der Waals surface area contributed by atoms with Crippen LogP contribution in [0.2, 0.25) is 0 Å². The van der Waals surface area contributed by atoms with E-state index in [2.05, 4.69) is 0 Å². The molecule has 2 aliphatic rings. The van der Waals surface area contributed by atoms with E-state index in [1.54, 1.807) is 0 Å². The summed E-state index contributed by atoms with van der Waals surface area (Å²) in [6.45, 7) is 3.79. The minimum absolute atomic E-state index is 0.242. The van der Waals surface area contributed by atoms with E-state index in [0.717, 1.165) is 29.4 Å². The molecule has 2 heteroatoms. The lowest BCUT2D eigenvalue weighted by Crippen LogP contribution is -2.15. The Hall–Kier alpha value is -0.890. The fourth-order valence-electron chi connectivity index (χ4n) is 4.42. The maximum atomic E-state index is 14.1. The summed E-state index contributed by atoms with van der Waals surface area (Å²) in [6.07, 6.45) is 5.38. The van der Waals surface area contributed by atoms with Gasteiger partial charge in [-0.3, -0.25) is 0 Å². The van der Waals surface area contributed by atoms with Gasteiger partial charge in [-0.05, 0) is 74.5 Å². The zero-order chi connectivity index (χ0) is 13.6. The van der Waals surface area contributed by atoms with Crippen molar-refractivity contribution in [3.63, 3.8) is 0 Å². The second-order valence-corrected chi connectivity index (χ2v) is 6.66. The molecule has 0 aliphatic heterocycles. The molecule has 104 valence electrons. The molecule has 4 atom stereocenters. The highest BCUT2D eigenvalue weighted by atomic mass is 19.1. The average Bonchev–Trinajstić information content (AvgIpc) is 2.89. The zero-order valence-corrected chi connectivity index (χ0v) is 11.8. The quantitative estimate of drug-likeness (QED) is 0.861. The van der Waals surface area contributed by atoms with Crippen LogP contribution in [0, 0.1) is 37.4 Å². The lowest BCUT2D eigenvalue weighted by molar-refractivity contribution is 0.121. The number of aliphatic hydroxyl groups excluding tert-OH is 1. The van der Waals surface area contributed by atoms with E-state index < -0.39 is 6.10 Å². The molecule has 0 saturated heterocycles. The zero-order valence-electron chi connectivity index (χ0n) is 11.8. The summed E-state index contributed by atoms with van der Waals surface area (Å²) in [5.74, 6) is 2.03. The predicted molar refractivity (Wildman–Crippen MR) is 74.4 cm³/mol. The average molecular weight is 262 g/mol. The fraction of sp³-hybridized carbons (Fsp3) is 0.647. The summed E-state index contributed by atoms with van der Waals surface area (Å²) in [7, 11) is 0. The Morgan fingerprint density at radius 1 is 1.26 bits per heavy atom. The maximum Gasteiger partial charge on any atom is 0.129 e. The van der Waals surface area contributed by atoms with Gasteiger partial charge >= 0.3 is 0 Å². The molecule has 1 aromatic carbocycles. The van der Waals surface area contributed by atoms with Gasteiger partial charge in [0.15, 0.2) is 0 Å². The SMILES string of the molecule is Cc1cc(C)c(C(O)CC2CC3CCC2C3)c(F)c1. The number of aliphatic hydroxyl groups is 1. The van der Waals surface area contributed by atoms with Gasteiger partial charge in [0.2, 0.25) is 0 Å². The molecule has 0 radical (unpaired) electrons. The van der Waals surface area contributed by atoms with Crippen LogP contribution in [0.1, 0.15) is 54.9 Å². The minimum atomic E-state index is -0.634. The summed E-state index contributed by atoms with van der Waals surface area (Å²) in [4.78, 5) is 0. The van der Waals surface area contributed by atoms with E-state index in [1.165, 1.54) is 31.7 Å². The van der Waals surface area contributed by atoms with Crippen molar-refractivity contribution in [3.8, 4) is 0 Å². The topological polar surface area (TPSA) is 20.2 Å². The van der Waals surface area contributed by atoms with Crippen LogP contribution in [0.3, 0.4) is 0 Å². The lowest BCUT2D eigenvalue weighted by Gasteiger charge is -2.25. The van der Waals surface area contributed by atoms with Crippen molar-refractivity contribution in [1.29, 1.82) is 0 Å². The molecular weight excluding hydrogens is 239 g/mol. The normalized spacial score (nSPS) is 30.8. The Balaban J connectivity index is 1.75. The van der Waals surface area contributed by atoms with Crippen LogP contribution in [0.25, 0.3) is 0 Å². The van der Waals surface area contributed by atoms with Crippen LogP contribution in [-0.4, -0.2) is 5.11 Å². The van der Waals surface area contributed by atoms with E-state index in [-0.39, 0.29) is 5.82 Å². The Morgan fingerprint density at radius 2 is 2.05 bits per heavy atom. The Bertz CT molecular complexity index is 459. The largest absolute Gasteiger partial charge is 0.388 e. The smallest absolute Gasteiger partial charge is 0.129 e. The van der Waals surface area contributed by atoms with Gasteiger partial charge in [-0.2, -0.15) is 0 Å². The summed E-state index contributed by atoms with van der Waals surface area (Å²) in [5, 5.41) is 10.4. The summed E-state index contributed by atoms with van der Waals surface area (Å²) >= 11 is 0. The van der Waals surface area contributed by atoms with Crippen molar-refractivity contribution < 1.29 is 9.50 Å². The van der Waals surface area contributed by atoms with Crippen molar-refractivity contribution in [2.75, 3.05) is 0 Å². The van der Waals surface area contributed by atoms with Crippen LogP contribution in [0.15, 0.2) is 12.1 Å². The molecule has 0 amide bonds. The molecule has 0 aromatic heterocycles. The van der Waals surface area contributed by atoms with Crippen LogP contribution in [0.5, 0.6) is 0 Å². The molecule has 1 nitrogen and oxygen atoms in total. The van der Waals surface area contributed by atoms with E-state index in [4.69, 9.17) is 0 Å². The Kier molecular flexibility index (Phi) is 3.38. The lowest BCUT2D eigenvalue weighted by atomic mass is 9.83. The molecule has 2 aliphatic carbocycles. The number of halogens is 1. The molecule has 2 fully saturated rings. The third-order valence-corrected chi connectivity index (χ3v) is 5.22. The van der Waals surface area contributed by atoms with Crippen molar-refractivity contribution in [1.82, 2.24) is 0 Å².